The van der Waals surface area contributed by atoms with Gasteiger partial charge in [0.15, 0.2) is 0 Å². The molecule has 1 aliphatic carbocycles. The van der Waals surface area contributed by atoms with E-state index in [1.54, 1.807) is 0 Å². The first-order chi connectivity index (χ1) is 12.6. The minimum Gasteiger partial charge on any atom is -0.339 e. The molecule has 1 saturated carbocycles. The molecule has 2 aliphatic heterocycles. The second kappa shape index (κ2) is 9.72. The molecule has 0 aromatic rings. The van der Waals surface area contributed by atoms with Gasteiger partial charge < -0.3 is 15.1 Å². The van der Waals surface area contributed by atoms with Crippen LogP contribution in [0.3, 0.4) is 0 Å². The van der Waals surface area contributed by atoms with Crippen molar-refractivity contribution >= 4 is 11.8 Å². The van der Waals surface area contributed by atoms with E-state index >= 15 is 0 Å². The highest BCUT2D eigenvalue weighted by atomic mass is 16.2. The molecule has 1 N–H and O–H groups in total. The molecule has 3 rings (SSSR count). The Kier molecular flexibility index (Phi) is 7.35. The maximum atomic E-state index is 12.6. The second-order valence-corrected chi connectivity index (χ2v) is 8.74. The van der Waals surface area contributed by atoms with Gasteiger partial charge in [-0.15, -0.1) is 0 Å². The van der Waals surface area contributed by atoms with Crippen LogP contribution in [-0.4, -0.2) is 60.9 Å². The maximum Gasteiger partial charge on any atom is 0.222 e. The highest BCUT2D eigenvalue weighted by molar-refractivity contribution is 5.78. The lowest BCUT2D eigenvalue weighted by Gasteiger charge is -2.36. The Balaban J connectivity index is 1.35. The van der Waals surface area contributed by atoms with Crippen LogP contribution in [0.25, 0.3) is 0 Å². The van der Waals surface area contributed by atoms with E-state index in [2.05, 4.69) is 12.2 Å². The first-order valence-corrected chi connectivity index (χ1v) is 10.9. The summed E-state index contributed by atoms with van der Waals surface area (Å²) >= 11 is 0. The van der Waals surface area contributed by atoms with Crippen LogP contribution in [0, 0.1) is 17.8 Å². The van der Waals surface area contributed by atoms with Crippen molar-refractivity contribution < 1.29 is 9.59 Å². The highest BCUT2D eigenvalue weighted by Gasteiger charge is 2.28. The first kappa shape index (κ1) is 19.7. The average molecular weight is 364 g/mol. The molecule has 148 valence electrons. The average Bonchev–Trinajstić information content (AvgIpc) is 3.20. The summed E-state index contributed by atoms with van der Waals surface area (Å²) in [4.78, 5) is 29.0. The molecule has 2 saturated heterocycles. The summed E-state index contributed by atoms with van der Waals surface area (Å²) in [6, 6.07) is 0. The first-order valence-electron chi connectivity index (χ1n) is 10.9. The molecule has 0 aromatic heterocycles. The Bertz CT molecular complexity index is 462. The Morgan fingerprint density at radius 3 is 2.23 bits per heavy atom. The van der Waals surface area contributed by atoms with Gasteiger partial charge in [-0.25, -0.2) is 0 Å². The van der Waals surface area contributed by atoms with Gasteiger partial charge >= 0.3 is 0 Å². The quantitative estimate of drug-likeness (QED) is 0.789. The van der Waals surface area contributed by atoms with E-state index in [1.165, 1.54) is 38.5 Å². The lowest BCUT2D eigenvalue weighted by Crippen LogP contribution is -2.51. The molecule has 3 fully saturated rings. The summed E-state index contributed by atoms with van der Waals surface area (Å²) in [5.74, 6) is 2.43. The van der Waals surface area contributed by atoms with Gasteiger partial charge in [-0.1, -0.05) is 32.6 Å². The zero-order valence-electron chi connectivity index (χ0n) is 16.5. The number of carbonyl (C=O) groups is 2. The topological polar surface area (TPSA) is 52.7 Å². The molecular formula is C21H37N3O2. The normalized spacial score (nSPS) is 26.1. The number of piperazine rings is 1. The smallest absolute Gasteiger partial charge is 0.222 e. The molecule has 3 aliphatic rings. The fourth-order valence-electron chi connectivity index (χ4n) is 4.93. The molecule has 2 heterocycles. The van der Waals surface area contributed by atoms with Crippen LogP contribution in [0.1, 0.15) is 64.7 Å². The molecule has 2 amide bonds. The van der Waals surface area contributed by atoms with Gasteiger partial charge in [0.05, 0.1) is 0 Å². The van der Waals surface area contributed by atoms with Crippen molar-refractivity contribution in [3.63, 3.8) is 0 Å². The van der Waals surface area contributed by atoms with Crippen molar-refractivity contribution in [1.29, 1.82) is 0 Å². The van der Waals surface area contributed by atoms with Crippen LogP contribution >= 0.6 is 0 Å². The van der Waals surface area contributed by atoms with Gasteiger partial charge in [0, 0.05) is 39.0 Å². The third kappa shape index (κ3) is 5.45. The van der Waals surface area contributed by atoms with Crippen LogP contribution in [-0.2, 0) is 9.59 Å². The molecule has 2 unspecified atom stereocenters. The molecule has 5 nitrogen and oxygen atoms in total. The van der Waals surface area contributed by atoms with Gasteiger partial charge in [0.1, 0.15) is 0 Å². The summed E-state index contributed by atoms with van der Waals surface area (Å²) in [6.45, 7) is 7.25. The number of hydrogen-bond donors (Lipinski definition) is 1. The van der Waals surface area contributed by atoms with Crippen molar-refractivity contribution in [3.8, 4) is 0 Å². The summed E-state index contributed by atoms with van der Waals surface area (Å²) in [7, 11) is 0. The van der Waals surface area contributed by atoms with Gasteiger partial charge in [-0.2, -0.15) is 0 Å². The number of amides is 2. The van der Waals surface area contributed by atoms with Crippen molar-refractivity contribution in [3.05, 3.63) is 0 Å². The lowest BCUT2D eigenvalue weighted by molar-refractivity contribution is -0.140. The van der Waals surface area contributed by atoms with Crippen molar-refractivity contribution in [1.82, 2.24) is 15.1 Å². The van der Waals surface area contributed by atoms with Crippen LogP contribution in [0.2, 0.25) is 0 Å². The Morgan fingerprint density at radius 1 is 0.962 bits per heavy atom. The summed E-state index contributed by atoms with van der Waals surface area (Å²) in [5.41, 5.74) is 0. The SMILES string of the molecule is CC(CC(=O)N1CCN(C(=O)CCC2CCCC2)CC1)C1CCCNC1. The fourth-order valence-corrected chi connectivity index (χ4v) is 4.93. The number of nitrogens with zero attached hydrogens (tertiary/aromatic N) is 2. The van der Waals surface area contributed by atoms with E-state index in [9.17, 15) is 9.59 Å². The van der Waals surface area contributed by atoms with Gasteiger partial charge in [-0.05, 0) is 50.1 Å². The summed E-state index contributed by atoms with van der Waals surface area (Å²) < 4.78 is 0. The standard InChI is InChI=1S/C21H37N3O2/c1-17(19-7-4-10-22-16-19)15-21(26)24-13-11-23(12-14-24)20(25)9-8-18-5-2-3-6-18/h17-19,22H,2-16H2,1H3. The third-order valence-corrected chi connectivity index (χ3v) is 6.86. The van der Waals surface area contributed by atoms with E-state index in [0.717, 1.165) is 25.4 Å². The predicted molar refractivity (Wildman–Crippen MR) is 104 cm³/mol. The predicted octanol–water partition coefficient (Wildman–Crippen LogP) is 2.65. The van der Waals surface area contributed by atoms with Crippen LogP contribution in [0.4, 0.5) is 0 Å². The van der Waals surface area contributed by atoms with Crippen molar-refractivity contribution in [2.45, 2.75) is 64.7 Å². The van der Waals surface area contributed by atoms with Crippen LogP contribution < -0.4 is 5.32 Å². The number of nitrogens with one attached hydrogen (secondary N) is 1. The molecule has 0 radical (unpaired) electrons. The third-order valence-electron chi connectivity index (χ3n) is 6.86. The van der Waals surface area contributed by atoms with Crippen molar-refractivity contribution in [2.24, 2.45) is 17.8 Å². The monoisotopic (exact) mass is 363 g/mol. The molecule has 0 spiro atoms. The largest absolute Gasteiger partial charge is 0.339 e. The Labute approximate surface area is 158 Å². The van der Waals surface area contributed by atoms with E-state index < -0.39 is 0 Å². The molecule has 26 heavy (non-hydrogen) atoms. The van der Waals surface area contributed by atoms with E-state index in [4.69, 9.17) is 0 Å². The number of carbonyl (C=O) groups excluding carboxylic acids is 2. The minimum atomic E-state index is 0.279. The van der Waals surface area contributed by atoms with E-state index in [1.807, 2.05) is 9.80 Å². The number of hydrogen-bond acceptors (Lipinski definition) is 3. The van der Waals surface area contributed by atoms with Gasteiger partial charge in [0.2, 0.25) is 11.8 Å². The maximum absolute atomic E-state index is 12.6. The van der Waals surface area contributed by atoms with Crippen LogP contribution in [0.15, 0.2) is 0 Å². The molecule has 0 bridgehead atoms. The second-order valence-electron chi connectivity index (χ2n) is 8.74. The molecule has 2 atom stereocenters. The Hall–Kier alpha value is -1.10. The minimum absolute atomic E-state index is 0.279. The fraction of sp³-hybridized carbons (Fsp3) is 0.905. The van der Waals surface area contributed by atoms with Gasteiger partial charge in [0.25, 0.3) is 0 Å². The zero-order chi connectivity index (χ0) is 18.4. The summed E-state index contributed by atoms with van der Waals surface area (Å²) in [6.07, 6.45) is 10.2. The van der Waals surface area contributed by atoms with Crippen LogP contribution in [0.5, 0.6) is 0 Å². The van der Waals surface area contributed by atoms with E-state index in [0.29, 0.717) is 56.8 Å². The number of rotatable bonds is 6. The molecule has 5 heteroatoms. The van der Waals surface area contributed by atoms with Gasteiger partial charge in [-0.3, -0.25) is 9.59 Å². The van der Waals surface area contributed by atoms with E-state index in [-0.39, 0.29) is 5.91 Å². The molecular weight excluding hydrogens is 326 g/mol. The molecule has 0 aromatic carbocycles. The summed E-state index contributed by atoms with van der Waals surface area (Å²) in [5, 5.41) is 3.45. The number of piperidine rings is 1. The Morgan fingerprint density at radius 2 is 1.62 bits per heavy atom. The zero-order valence-corrected chi connectivity index (χ0v) is 16.5. The van der Waals surface area contributed by atoms with Crippen molar-refractivity contribution in [2.75, 3.05) is 39.3 Å². The lowest BCUT2D eigenvalue weighted by atomic mass is 9.85. The highest BCUT2D eigenvalue weighted by Crippen LogP contribution is 2.29.